The van der Waals surface area contributed by atoms with Crippen molar-refractivity contribution in [3.8, 4) is 0 Å². The first kappa shape index (κ1) is 12.0. The summed E-state index contributed by atoms with van der Waals surface area (Å²) in [5, 5.41) is 0. The van der Waals surface area contributed by atoms with Crippen LogP contribution in [0.4, 0.5) is 0 Å². The van der Waals surface area contributed by atoms with E-state index in [0.29, 0.717) is 6.10 Å². The predicted octanol–water partition coefficient (Wildman–Crippen LogP) is 0.703. The maximum absolute atomic E-state index is 11.3. The van der Waals surface area contributed by atoms with Gasteiger partial charge in [-0.15, -0.1) is 0 Å². The lowest BCUT2D eigenvalue weighted by molar-refractivity contribution is -0.122. The fourth-order valence-corrected chi connectivity index (χ4v) is 2.67. The molecule has 2 aliphatic rings. The molecule has 0 aliphatic carbocycles. The van der Waals surface area contributed by atoms with E-state index in [1.54, 1.807) is 7.11 Å². The molecule has 0 bridgehead atoms. The second-order valence-electron chi connectivity index (χ2n) is 4.97. The molecule has 0 aromatic rings. The van der Waals surface area contributed by atoms with Gasteiger partial charge in [-0.25, -0.2) is 0 Å². The first-order chi connectivity index (χ1) is 7.78. The van der Waals surface area contributed by atoms with Crippen LogP contribution in [0.3, 0.4) is 0 Å². The summed E-state index contributed by atoms with van der Waals surface area (Å²) in [6.07, 6.45) is 4.32. The van der Waals surface area contributed by atoms with Crippen LogP contribution in [0, 0.1) is 5.41 Å². The van der Waals surface area contributed by atoms with Crippen molar-refractivity contribution in [2.45, 2.75) is 25.4 Å². The molecule has 0 aromatic heterocycles. The van der Waals surface area contributed by atoms with Crippen molar-refractivity contribution in [3.63, 3.8) is 0 Å². The Hall–Kier alpha value is -0.450. The average Bonchev–Trinajstić information content (AvgIpc) is 2.78. The summed E-state index contributed by atoms with van der Waals surface area (Å²) < 4.78 is 10.7. The summed E-state index contributed by atoms with van der Waals surface area (Å²) in [6.45, 7) is 4.34. The van der Waals surface area contributed by atoms with Gasteiger partial charge in [-0.1, -0.05) is 0 Å². The molecule has 0 N–H and O–H groups in total. The van der Waals surface area contributed by atoms with Crippen molar-refractivity contribution in [2.75, 3.05) is 40.0 Å². The minimum Gasteiger partial charge on any atom is -0.381 e. The Labute approximate surface area is 96.9 Å². The van der Waals surface area contributed by atoms with E-state index in [4.69, 9.17) is 9.47 Å². The standard InChI is InChI=1S/C12H21NO3/c1-15-11-2-5-13(8-11)9-12(10-14)3-6-16-7-4-12/h10-11H,2-9H2,1H3. The summed E-state index contributed by atoms with van der Waals surface area (Å²) >= 11 is 0. The van der Waals surface area contributed by atoms with Crippen molar-refractivity contribution in [3.05, 3.63) is 0 Å². The highest BCUT2D eigenvalue weighted by Crippen LogP contribution is 2.30. The summed E-state index contributed by atoms with van der Waals surface area (Å²) in [6, 6.07) is 0. The SMILES string of the molecule is COC1CCN(CC2(C=O)CCOCC2)C1. The summed E-state index contributed by atoms with van der Waals surface area (Å²) in [7, 11) is 1.76. The second kappa shape index (κ2) is 5.25. The van der Waals surface area contributed by atoms with E-state index in [1.165, 1.54) is 0 Å². The van der Waals surface area contributed by atoms with Crippen LogP contribution in [-0.4, -0.2) is 57.2 Å². The molecule has 2 heterocycles. The van der Waals surface area contributed by atoms with Crippen molar-refractivity contribution in [1.29, 1.82) is 0 Å². The zero-order valence-corrected chi connectivity index (χ0v) is 9.98. The lowest BCUT2D eigenvalue weighted by Crippen LogP contribution is -2.42. The third-order valence-electron chi connectivity index (χ3n) is 3.84. The second-order valence-corrected chi connectivity index (χ2v) is 4.97. The van der Waals surface area contributed by atoms with Gasteiger partial charge >= 0.3 is 0 Å². The van der Waals surface area contributed by atoms with Gasteiger partial charge in [0.2, 0.25) is 0 Å². The topological polar surface area (TPSA) is 38.8 Å². The van der Waals surface area contributed by atoms with Gasteiger partial charge in [-0.2, -0.15) is 0 Å². The van der Waals surface area contributed by atoms with Gasteiger partial charge < -0.3 is 14.3 Å². The number of hydrogen-bond donors (Lipinski definition) is 0. The molecule has 1 atom stereocenters. The van der Waals surface area contributed by atoms with Gasteiger partial charge in [0.05, 0.1) is 6.10 Å². The molecule has 0 aromatic carbocycles. The summed E-state index contributed by atoms with van der Waals surface area (Å²) in [5.74, 6) is 0. The molecule has 92 valence electrons. The van der Waals surface area contributed by atoms with Crippen LogP contribution in [0.1, 0.15) is 19.3 Å². The molecular formula is C12H21NO3. The van der Waals surface area contributed by atoms with Crippen LogP contribution in [0.25, 0.3) is 0 Å². The predicted molar refractivity (Wildman–Crippen MR) is 60.4 cm³/mol. The van der Waals surface area contributed by atoms with Crippen LogP contribution < -0.4 is 0 Å². The molecule has 4 nitrogen and oxygen atoms in total. The zero-order chi connectivity index (χ0) is 11.4. The highest BCUT2D eigenvalue weighted by molar-refractivity contribution is 5.60. The fraction of sp³-hybridized carbons (Fsp3) is 0.917. The quantitative estimate of drug-likeness (QED) is 0.663. The van der Waals surface area contributed by atoms with Gasteiger partial charge in [0.25, 0.3) is 0 Å². The number of ether oxygens (including phenoxy) is 2. The molecular weight excluding hydrogens is 206 g/mol. The number of carbonyl (C=O) groups excluding carboxylic acids is 1. The monoisotopic (exact) mass is 227 g/mol. The van der Waals surface area contributed by atoms with E-state index in [0.717, 1.165) is 58.4 Å². The van der Waals surface area contributed by atoms with Crippen molar-refractivity contribution >= 4 is 6.29 Å². The van der Waals surface area contributed by atoms with E-state index in [-0.39, 0.29) is 5.41 Å². The molecule has 2 rings (SSSR count). The van der Waals surface area contributed by atoms with E-state index in [9.17, 15) is 4.79 Å². The third-order valence-corrected chi connectivity index (χ3v) is 3.84. The Kier molecular flexibility index (Phi) is 3.95. The number of rotatable bonds is 4. The van der Waals surface area contributed by atoms with Gasteiger partial charge in [-0.05, 0) is 19.3 Å². The van der Waals surface area contributed by atoms with Crippen LogP contribution in [0.15, 0.2) is 0 Å². The highest BCUT2D eigenvalue weighted by Gasteiger charge is 2.36. The lowest BCUT2D eigenvalue weighted by atomic mass is 9.81. The molecule has 0 saturated carbocycles. The largest absolute Gasteiger partial charge is 0.381 e. The number of methoxy groups -OCH3 is 1. The number of aldehydes is 1. The van der Waals surface area contributed by atoms with E-state index in [1.807, 2.05) is 0 Å². The highest BCUT2D eigenvalue weighted by atomic mass is 16.5. The lowest BCUT2D eigenvalue weighted by Gasteiger charge is -2.35. The number of nitrogens with zero attached hydrogens (tertiary/aromatic N) is 1. The van der Waals surface area contributed by atoms with Crippen LogP contribution >= 0.6 is 0 Å². The normalized spacial score (nSPS) is 30.4. The number of likely N-dealkylation sites (tertiary alicyclic amines) is 1. The maximum atomic E-state index is 11.3. The average molecular weight is 227 g/mol. The molecule has 0 radical (unpaired) electrons. The Morgan fingerprint density at radius 1 is 1.50 bits per heavy atom. The third kappa shape index (κ3) is 2.62. The van der Waals surface area contributed by atoms with E-state index in [2.05, 4.69) is 4.90 Å². The Morgan fingerprint density at radius 3 is 2.81 bits per heavy atom. The molecule has 2 aliphatic heterocycles. The molecule has 2 fully saturated rings. The molecule has 2 saturated heterocycles. The van der Waals surface area contributed by atoms with Crippen molar-refractivity contribution < 1.29 is 14.3 Å². The molecule has 0 amide bonds. The molecule has 1 unspecified atom stereocenters. The zero-order valence-electron chi connectivity index (χ0n) is 9.98. The minimum absolute atomic E-state index is 0.166. The van der Waals surface area contributed by atoms with Crippen molar-refractivity contribution in [1.82, 2.24) is 4.90 Å². The first-order valence-electron chi connectivity index (χ1n) is 6.07. The van der Waals surface area contributed by atoms with E-state index < -0.39 is 0 Å². The van der Waals surface area contributed by atoms with Crippen LogP contribution in [0.5, 0.6) is 0 Å². The number of hydrogen-bond acceptors (Lipinski definition) is 4. The number of carbonyl (C=O) groups is 1. The summed E-state index contributed by atoms with van der Waals surface area (Å²) in [4.78, 5) is 13.7. The smallest absolute Gasteiger partial charge is 0.127 e. The maximum Gasteiger partial charge on any atom is 0.127 e. The van der Waals surface area contributed by atoms with Crippen LogP contribution in [0.2, 0.25) is 0 Å². The molecule has 0 spiro atoms. The first-order valence-corrected chi connectivity index (χ1v) is 6.07. The Morgan fingerprint density at radius 2 is 2.25 bits per heavy atom. The van der Waals surface area contributed by atoms with Gasteiger partial charge in [-0.3, -0.25) is 4.90 Å². The summed E-state index contributed by atoms with van der Waals surface area (Å²) in [5.41, 5.74) is -0.166. The Balaban J connectivity index is 1.89. The molecule has 4 heteroatoms. The van der Waals surface area contributed by atoms with E-state index >= 15 is 0 Å². The van der Waals surface area contributed by atoms with Gasteiger partial charge in [0.15, 0.2) is 0 Å². The van der Waals surface area contributed by atoms with Crippen LogP contribution in [-0.2, 0) is 14.3 Å². The Bertz CT molecular complexity index is 238. The van der Waals surface area contributed by atoms with Crippen molar-refractivity contribution in [2.24, 2.45) is 5.41 Å². The molecule has 16 heavy (non-hydrogen) atoms. The van der Waals surface area contributed by atoms with Gasteiger partial charge in [0, 0.05) is 45.4 Å². The fourth-order valence-electron chi connectivity index (χ4n) is 2.67. The minimum atomic E-state index is -0.166. The van der Waals surface area contributed by atoms with Gasteiger partial charge in [0.1, 0.15) is 6.29 Å².